The van der Waals surface area contributed by atoms with E-state index in [-0.39, 0.29) is 5.91 Å². The number of rotatable bonds is 7. The van der Waals surface area contributed by atoms with Gasteiger partial charge in [-0.1, -0.05) is 29.8 Å². The molecule has 0 fully saturated rings. The highest BCUT2D eigenvalue weighted by Gasteiger charge is 2.09. The molecule has 4 nitrogen and oxygen atoms in total. The van der Waals surface area contributed by atoms with Gasteiger partial charge in [0.15, 0.2) is 0 Å². The van der Waals surface area contributed by atoms with Gasteiger partial charge in [-0.25, -0.2) is 0 Å². The van der Waals surface area contributed by atoms with Crippen molar-refractivity contribution in [2.75, 3.05) is 11.9 Å². The largest absolute Gasteiger partial charge is 0.492 e. The van der Waals surface area contributed by atoms with Gasteiger partial charge in [0.05, 0.1) is 12.3 Å². The molecule has 0 radical (unpaired) electrons. The Labute approximate surface area is 136 Å². The molecule has 2 aromatic rings. The van der Waals surface area contributed by atoms with Crippen LogP contribution in [0.4, 0.5) is 5.69 Å². The number of carbonyl (C=O) groups is 2. The van der Waals surface area contributed by atoms with Crippen molar-refractivity contribution in [2.45, 2.75) is 26.7 Å². The lowest BCUT2D eigenvalue weighted by molar-refractivity contribution is -0.116. The van der Waals surface area contributed by atoms with Crippen LogP contribution in [0, 0.1) is 6.92 Å². The molecule has 0 saturated carbocycles. The highest BCUT2D eigenvalue weighted by atomic mass is 16.5. The van der Waals surface area contributed by atoms with Gasteiger partial charge < -0.3 is 10.1 Å². The summed E-state index contributed by atoms with van der Waals surface area (Å²) in [7, 11) is 0. The molecule has 2 aromatic carbocycles. The maximum absolute atomic E-state index is 12.2. The van der Waals surface area contributed by atoms with Gasteiger partial charge in [0, 0.05) is 12.0 Å². The first-order chi connectivity index (χ1) is 11.1. The smallest absolute Gasteiger partial charge is 0.224 e. The second-order valence-electron chi connectivity index (χ2n) is 5.34. The van der Waals surface area contributed by atoms with Crippen molar-refractivity contribution < 1.29 is 14.3 Å². The normalized spacial score (nSPS) is 10.2. The zero-order chi connectivity index (χ0) is 16.7. The number of carbonyl (C=O) groups excluding carboxylic acids is 2. The average Bonchev–Trinajstić information content (AvgIpc) is 2.56. The van der Waals surface area contributed by atoms with Crippen LogP contribution in [-0.4, -0.2) is 18.8 Å². The van der Waals surface area contributed by atoms with Gasteiger partial charge in [-0.3, -0.25) is 9.59 Å². The van der Waals surface area contributed by atoms with E-state index in [1.807, 2.05) is 38.1 Å². The molecule has 23 heavy (non-hydrogen) atoms. The molecule has 1 amide bonds. The Balaban J connectivity index is 2.01. The Morgan fingerprint density at radius 1 is 1.17 bits per heavy atom. The van der Waals surface area contributed by atoms with Gasteiger partial charge in [0.25, 0.3) is 0 Å². The van der Waals surface area contributed by atoms with Crippen molar-refractivity contribution in [3.05, 3.63) is 59.2 Å². The number of nitrogens with one attached hydrogen (secondary N) is 1. The molecule has 0 unspecified atom stereocenters. The van der Waals surface area contributed by atoms with Crippen LogP contribution in [0.5, 0.6) is 5.75 Å². The second-order valence-corrected chi connectivity index (χ2v) is 5.34. The fraction of sp³-hybridized carbons (Fsp3) is 0.263. The lowest BCUT2D eigenvalue weighted by Gasteiger charge is -2.12. The molecule has 0 heterocycles. The first-order valence-corrected chi connectivity index (χ1v) is 7.69. The van der Waals surface area contributed by atoms with Crippen molar-refractivity contribution in [3.63, 3.8) is 0 Å². The van der Waals surface area contributed by atoms with E-state index in [1.54, 1.807) is 18.2 Å². The minimum atomic E-state index is -0.102. The van der Waals surface area contributed by atoms with Gasteiger partial charge >= 0.3 is 0 Å². The fourth-order valence-corrected chi connectivity index (χ4v) is 2.23. The standard InChI is InChI=1S/C19H21NO3/c1-3-23-18-10-8-16(13-21)12-17(18)20-19(22)11-9-15-6-4-14(2)5-7-15/h4-8,10,12-13H,3,9,11H2,1-2H3,(H,20,22). The van der Waals surface area contributed by atoms with Crippen LogP contribution in [0.2, 0.25) is 0 Å². The Hall–Kier alpha value is -2.62. The van der Waals surface area contributed by atoms with Gasteiger partial charge in [0.1, 0.15) is 12.0 Å². The number of benzene rings is 2. The lowest BCUT2D eigenvalue weighted by Crippen LogP contribution is -2.13. The zero-order valence-corrected chi connectivity index (χ0v) is 13.5. The third-order valence-electron chi connectivity index (χ3n) is 3.47. The molecule has 0 aromatic heterocycles. The van der Waals surface area contributed by atoms with Crippen molar-refractivity contribution in [1.82, 2.24) is 0 Å². The molecule has 0 aliphatic rings. The van der Waals surface area contributed by atoms with Crippen LogP contribution in [0.3, 0.4) is 0 Å². The topological polar surface area (TPSA) is 55.4 Å². The number of aldehydes is 1. The molecule has 0 atom stereocenters. The number of hydrogen-bond donors (Lipinski definition) is 1. The Bertz CT molecular complexity index is 678. The van der Waals surface area contributed by atoms with E-state index in [1.165, 1.54) is 5.56 Å². The van der Waals surface area contributed by atoms with Gasteiger partial charge in [-0.2, -0.15) is 0 Å². The van der Waals surface area contributed by atoms with E-state index >= 15 is 0 Å². The predicted molar refractivity (Wildman–Crippen MR) is 91.1 cm³/mol. The molecule has 0 aliphatic carbocycles. The van der Waals surface area contributed by atoms with Gasteiger partial charge in [-0.15, -0.1) is 0 Å². The SMILES string of the molecule is CCOc1ccc(C=O)cc1NC(=O)CCc1ccc(C)cc1. The van der Waals surface area contributed by atoms with Crippen LogP contribution < -0.4 is 10.1 Å². The summed E-state index contributed by atoms with van der Waals surface area (Å²) >= 11 is 0. The summed E-state index contributed by atoms with van der Waals surface area (Å²) in [5.74, 6) is 0.469. The van der Waals surface area contributed by atoms with E-state index in [9.17, 15) is 9.59 Å². The first-order valence-electron chi connectivity index (χ1n) is 7.69. The monoisotopic (exact) mass is 311 g/mol. The number of aryl methyl sites for hydroxylation is 2. The number of hydrogen-bond acceptors (Lipinski definition) is 3. The maximum Gasteiger partial charge on any atom is 0.224 e. The number of ether oxygens (including phenoxy) is 1. The van der Waals surface area contributed by atoms with Crippen LogP contribution >= 0.6 is 0 Å². The predicted octanol–water partition coefficient (Wildman–Crippen LogP) is 3.78. The molecular formula is C19H21NO3. The molecule has 0 aliphatic heterocycles. The number of anilines is 1. The third kappa shape index (κ3) is 4.95. The highest BCUT2D eigenvalue weighted by molar-refractivity contribution is 5.93. The van der Waals surface area contributed by atoms with E-state index < -0.39 is 0 Å². The van der Waals surface area contributed by atoms with Crippen molar-refractivity contribution in [3.8, 4) is 5.75 Å². The van der Waals surface area contributed by atoms with Crippen molar-refractivity contribution in [2.24, 2.45) is 0 Å². The van der Waals surface area contributed by atoms with Crippen LogP contribution in [0.1, 0.15) is 34.8 Å². The van der Waals surface area contributed by atoms with Crippen LogP contribution in [0.25, 0.3) is 0 Å². The van der Waals surface area contributed by atoms with E-state index in [0.717, 1.165) is 11.8 Å². The molecule has 1 N–H and O–H groups in total. The van der Waals surface area contributed by atoms with Gasteiger partial charge in [-0.05, 0) is 44.0 Å². The Kier molecular flexibility index (Phi) is 5.92. The highest BCUT2D eigenvalue weighted by Crippen LogP contribution is 2.25. The Morgan fingerprint density at radius 2 is 1.91 bits per heavy atom. The quantitative estimate of drug-likeness (QED) is 0.792. The summed E-state index contributed by atoms with van der Waals surface area (Å²) in [6, 6.07) is 13.1. The van der Waals surface area contributed by atoms with E-state index in [2.05, 4.69) is 5.32 Å². The zero-order valence-electron chi connectivity index (χ0n) is 13.5. The number of amides is 1. The summed E-state index contributed by atoms with van der Waals surface area (Å²) in [5, 5.41) is 2.83. The molecule has 0 saturated heterocycles. The fourth-order valence-electron chi connectivity index (χ4n) is 2.23. The molecule has 0 bridgehead atoms. The minimum absolute atomic E-state index is 0.102. The van der Waals surface area contributed by atoms with Gasteiger partial charge in [0.2, 0.25) is 5.91 Å². The van der Waals surface area contributed by atoms with E-state index in [0.29, 0.717) is 36.4 Å². The van der Waals surface area contributed by atoms with Crippen LogP contribution in [-0.2, 0) is 11.2 Å². The molecule has 0 spiro atoms. The molecule has 120 valence electrons. The second kappa shape index (κ2) is 8.13. The summed E-state index contributed by atoms with van der Waals surface area (Å²) in [6.45, 7) is 4.40. The van der Waals surface area contributed by atoms with E-state index in [4.69, 9.17) is 4.74 Å². The summed E-state index contributed by atoms with van der Waals surface area (Å²) in [6.07, 6.45) is 1.79. The minimum Gasteiger partial charge on any atom is -0.492 e. The van der Waals surface area contributed by atoms with Crippen LogP contribution in [0.15, 0.2) is 42.5 Å². The molecule has 2 rings (SSSR count). The average molecular weight is 311 g/mol. The summed E-state index contributed by atoms with van der Waals surface area (Å²) in [5.41, 5.74) is 3.36. The first kappa shape index (κ1) is 16.7. The van der Waals surface area contributed by atoms with Crippen molar-refractivity contribution >= 4 is 17.9 Å². The summed E-state index contributed by atoms with van der Waals surface area (Å²) < 4.78 is 5.48. The summed E-state index contributed by atoms with van der Waals surface area (Å²) in [4.78, 5) is 23.1. The third-order valence-corrected chi connectivity index (χ3v) is 3.47. The molecular weight excluding hydrogens is 290 g/mol. The lowest BCUT2D eigenvalue weighted by atomic mass is 10.1. The Morgan fingerprint density at radius 3 is 2.57 bits per heavy atom. The maximum atomic E-state index is 12.2. The van der Waals surface area contributed by atoms with Crippen molar-refractivity contribution in [1.29, 1.82) is 0 Å². The molecule has 4 heteroatoms.